The summed E-state index contributed by atoms with van der Waals surface area (Å²) >= 11 is 0. The highest BCUT2D eigenvalue weighted by Crippen LogP contribution is 2.12. The summed E-state index contributed by atoms with van der Waals surface area (Å²) in [5.41, 5.74) is 4.72. The molecule has 0 bridgehead atoms. The highest BCUT2D eigenvalue weighted by Gasteiger charge is 2.13. The Kier molecular flexibility index (Phi) is 6.38. The van der Waals surface area contributed by atoms with Crippen LogP contribution in [0.1, 0.15) is 23.2 Å². The molecule has 0 fully saturated rings. The van der Waals surface area contributed by atoms with Crippen molar-refractivity contribution in [3.8, 4) is 0 Å². The number of hydrogen-bond donors (Lipinski definition) is 3. The van der Waals surface area contributed by atoms with E-state index < -0.39 is 16.7 Å². The van der Waals surface area contributed by atoms with Gasteiger partial charge in [-0.2, -0.15) is 0 Å². The van der Waals surface area contributed by atoms with Gasteiger partial charge in [0.25, 0.3) is 11.6 Å². The Balaban J connectivity index is 1.76. The van der Waals surface area contributed by atoms with Crippen LogP contribution in [0.25, 0.3) is 0 Å². The first-order valence-corrected chi connectivity index (χ1v) is 7.64. The highest BCUT2D eigenvalue weighted by atomic mass is 16.6. The highest BCUT2D eigenvalue weighted by molar-refractivity contribution is 5.96. The molecular weight excluding hydrogens is 340 g/mol. The fourth-order valence-corrected chi connectivity index (χ4v) is 1.99. The van der Waals surface area contributed by atoms with Gasteiger partial charge >= 0.3 is 0 Å². The van der Waals surface area contributed by atoms with Gasteiger partial charge in [-0.1, -0.05) is 24.3 Å². The van der Waals surface area contributed by atoms with Gasteiger partial charge in [0.1, 0.15) is 0 Å². The Bertz CT molecular complexity index is 823. The van der Waals surface area contributed by atoms with Gasteiger partial charge in [-0.25, -0.2) is 0 Å². The SMILES string of the molecule is O=C(CCC(=O)Nc1ccccc1)NNC(=O)c1cccc([N+](=O)[O-])c1. The van der Waals surface area contributed by atoms with E-state index in [1.54, 1.807) is 24.3 Å². The van der Waals surface area contributed by atoms with Crippen LogP contribution in [0.3, 0.4) is 0 Å². The van der Waals surface area contributed by atoms with E-state index in [0.29, 0.717) is 5.69 Å². The number of anilines is 1. The number of nitrogens with one attached hydrogen (secondary N) is 3. The Morgan fingerprint density at radius 2 is 1.58 bits per heavy atom. The van der Waals surface area contributed by atoms with Gasteiger partial charge in [0.05, 0.1) is 4.92 Å². The van der Waals surface area contributed by atoms with E-state index in [-0.39, 0.29) is 30.0 Å². The van der Waals surface area contributed by atoms with Gasteiger partial charge in [0, 0.05) is 36.2 Å². The van der Waals surface area contributed by atoms with Crippen molar-refractivity contribution >= 4 is 29.1 Å². The summed E-state index contributed by atoms with van der Waals surface area (Å²) in [6.45, 7) is 0. The topological polar surface area (TPSA) is 130 Å². The predicted octanol–water partition coefficient (Wildman–Crippen LogP) is 1.77. The zero-order valence-electron chi connectivity index (χ0n) is 13.6. The number of carbonyl (C=O) groups is 3. The summed E-state index contributed by atoms with van der Waals surface area (Å²) in [5, 5.41) is 13.3. The molecule has 0 aliphatic carbocycles. The van der Waals surface area contributed by atoms with Crippen molar-refractivity contribution in [2.75, 3.05) is 5.32 Å². The van der Waals surface area contributed by atoms with E-state index in [1.807, 2.05) is 6.07 Å². The second-order valence-electron chi connectivity index (χ2n) is 5.22. The number of nitrogens with zero attached hydrogens (tertiary/aromatic N) is 1. The van der Waals surface area contributed by atoms with Crippen molar-refractivity contribution in [2.45, 2.75) is 12.8 Å². The maximum atomic E-state index is 11.9. The van der Waals surface area contributed by atoms with Crippen LogP contribution >= 0.6 is 0 Å². The number of carbonyl (C=O) groups excluding carboxylic acids is 3. The molecule has 0 spiro atoms. The maximum absolute atomic E-state index is 11.9. The normalized spacial score (nSPS) is 9.85. The zero-order chi connectivity index (χ0) is 18.9. The van der Waals surface area contributed by atoms with Crippen LogP contribution in [0.5, 0.6) is 0 Å². The molecule has 0 aliphatic heterocycles. The summed E-state index contributed by atoms with van der Waals surface area (Å²) in [4.78, 5) is 45.4. The molecule has 0 radical (unpaired) electrons. The fourth-order valence-electron chi connectivity index (χ4n) is 1.99. The minimum Gasteiger partial charge on any atom is -0.326 e. The lowest BCUT2D eigenvalue weighted by Crippen LogP contribution is -2.41. The number of nitro groups is 1. The standard InChI is InChI=1S/C17H16N4O5/c22-15(18-13-6-2-1-3-7-13)9-10-16(23)19-20-17(24)12-5-4-8-14(11-12)21(25)26/h1-8,11H,9-10H2,(H,18,22)(H,19,23)(H,20,24). The molecular formula is C17H16N4O5. The largest absolute Gasteiger partial charge is 0.326 e. The number of benzene rings is 2. The molecule has 2 rings (SSSR count). The van der Waals surface area contributed by atoms with E-state index >= 15 is 0 Å². The molecule has 0 atom stereocenters. The van der Waals surface area contributed by atoms with Crippen LogP contribution in [0, 0.1) is 10.1 Å². The molecule has 26 heavy (non-hydrogen) atoms. The number of amides is 3. The van der Waals surface area contributed by atoms with Crippen molar-refractivity contribution in [1.82, 2.24) is 10.9 Å². The van der Waals surface area contributed by atoms with E-state index in [0.717, 1.165) is 6.07 Å². The molecule has 0 aliphatic rings. The number of nitro benzene ring substituents is 1. The van der Waals surface area contributed by atoms with Crippen molar-refractivity contribution < 1.29 is 19.3 Å². The molecule has 3 amide bonds. The first-order chi connectivity index (χ1) is 12.5. The van der Waals surface area contributed by atoms with Crippen LogP contribution in [0.4, 0.5) is 11.4 Å². The molecule has 0 unspecified atom stereocenters. The summed E-state index contributed by atoms with van der Waals surface area (Å²) in [6.07, 6.45) is -0.193. The smallest absolute Gasteiger partial charge is 0.270 e. The summed E-state index contributed by atoms with van der Waals surface area (Å²) in [7, 11) is 0. The monoisotopic (exact) mass is 356 g/mol. The molecule has 0 saturated heterocycles. The Hall–Kier alpha value is -3.75. The maximum Gasteiger partial charge on any atom is 0.270 e. The molecule has 9 heteroatoms. The van der Waals surface area contributed by atoms with Crippen molar-refractivity contribution in [3.05, 3.63) is 70.3 Å². The lowest BCUT2D eigenvalue weighted by Gasteiger charge is -2.08. The van der Waals surface area contributed by atoms with Gasteiger partial charge < -0.3 is 5.32 Å². The Morgan fingerprint density at radius 1 is 0.885 bits per heavy atom. The number of non-ortho nitro benzene ring substituents is 1. The minimum atomic E-state index is -0.698. The van der Waals surface area contributed by atoms with Crippen LogP contribution in [-0.4, -0.2) is 22.6 Å². The molecule has 2 aromatic carbocycles. The van der Waals surface area contributed by atoms with Crippen molar-refractivity contribution in [3.63, 3.8) is 0 Å². The molecule has 3 N–H and O–H groups in total. The lowest BCUT2D eigenvalue weighted by atomic mass is 10.2. The van der Waals surface area contributed by atoms with E-state index in [2.05, 4.69) is 16.2 Å². The summed E-state index contributed by atoms with van der Waals surface area (Å²) < 4.78 is 0. The molecule has 134 valence electrons. The average Bonchev–Trinajstić information content (AvgIpc) is 2.65. The predicted molar refractivity (Wildman–Crippen MR) is 93.0 cm³/mol. The third-order valence-corrected chi connectivity index (χ3v) is 3.27. The van der Waals surface area contributed by atoms with Crippen LogP contribution < -0.4 is 16.2 Å². The molecule has 9 nitrogen and oxygen atoms in total. The van der Waals surface area contributed by atoms with E-state index in [4.69, 9.17) is 0 Å². The van der Waals surface area contributed by atoms with Crippen LogP contribution in [0.15, 0.2) is 54.6 Å². The number of para-hydroxylation sites is 1. The average molecular weight is 356 g/mol. The second-order valence-corrected chi connectivity index (χ2v) is 5.22. The Labute approximate surface area is 148 Å². The fraction of sp³-hybridized carbons (Fsp3) is 0.118. The van der Waals surface area contributed by atoms with Gasteiger partial charge in [0.2, 0.25) is 11.8 Å². The molecule has 0 saturated carbocycles. The van der Waals surface area contributed by atoms with Gasteiger partial charge in [-0.15, -0.1) is 0 Å². The van der Waals surface area contributed by atoms with Gasteiger partial charge in [-0.05, 0) is 18.2 Å². The van der Waals surface area contributed by atoms with Crippen LogP contribution in [-0.2, 0) is 9.59 Å². The quantitative estimate of drug-likeness (QED) is 0.536. The summed E-state index contributed by atoms with van der Waals surface area (Å²) in [5.74, 6) is -1.60. The number of rotatable bonds is 6. The molecule has 2 aromatic rings. The van der Waals surface area contributed by atoms with Gasteiger partial charge in [-0.3, -0.25) is 35.3 Å². The van der Waals surface area contributed by atoms with Crippen molar-refractivity contribution in [1.29, 1.82) is 0 Å². The van der Waals surface area contributed by atoms with Gasteiger partial charge in [0.15, 0.2) is 0 Å². The lowest BCUT2D eigenvalue weighted by molar-refractivity contribution is -0.384. The molecule has 0 heterocycles. The Morgan fingerprint density at radius 3 is 2.27 bits per heavy atom. The first-order valence-electron chi connectivity index (χ1n) is 7.64. The van der Waals surface area contributed by atoms with E-state index in [1.165, 1.54) is 18.2 Å². The van der Waals surface area contributed by atoms with E-state index in [9.17, 15) is 24.5 Å². The first kappa shape index (κ1) is 18.6. The zero-order valence-corrected chi connectivity index (χ0v) is 13.6. The third kappa shape index (κ3) is 5.71. The second kappa shape index (κ2) is 8.92. The molecule has 0 aromatic heterocycles. The van der Waals surface area contributed by atoms with Crippen LogP contribution in [0.2, 0.25) is 0 Å². The number of hydrogen-bond acceptors (Lipinski definition) is 5. The van der Waals surface area contributed by atoms with Crippen molar-refractivity contribution in [2.24, 2.45) is 0 Å². The minimum absolute atomic E-state index is 0.0290. The number of hydrazine groups is 1. The summed E-state index contributed by atoms with van der Waals surface area (Å²) in [6, 6.07) is 13.9. The third-order valence-electron chi connectivity index (χ3n) is 3.27.